The molecule has 0 N–H and O–H groups in total. The third kappa shape index (κ3) is 7.01. The summed E-state index contributed by atoms with van der Waals surface area (Å²) in [7, 11) is 0. The molecule has 5 nitrogen and oxygen atoms in total. The van der Waals surface area contributed by atoms with Crippen LogP contribution >= 0.6 is 0 Å². The molecule has 1 heterocycles. The lowest BCUT2D eigenvalue weighted by Gasteiger charge is -2.23. The molecule has 0 unspecified atom stereocenters. The summed E-state index contributed by atoms with van der Waals surface area (Å²) in [6.45, 7) is 7.36. The Kier molecular flexibility index (Phi) is 8.76. The zero-order chi connectivity index (χ0) is 23.6. The Labute approximate surface area is 196 Å². The molecule has 0 aliphatic rings. The summed E-state index contributed by atoms with van der Waals surface area (Å²) in [5.41, 5.74) is 5.78. The van der Waals surface area contributed by atoms with Crippen LogP contribution in [0.15, 0.2) is 66.7 Å². The normalized spacial score (nSPS) is 10.6. The van der Waals surface area contributed by atoms with Crippen molar-refractivity contribution >= 4 is 11.9 Å². The van der Waals surface area contributed by atoms with Crippen molar-refractivity contribution in [1.29, 1.82) is 0 Å². The van der Waals surface area contributed by atoms with E-state index >= 15 is 0 Å². The minimum Gasteiger partial charge on any atom is -0.466 e. The molecular weight excluding hydrogens is 412 g/mol. The molecule has 5 heteroatoms. The maximum atomic E-state index is 13.0. The van der Waals surface area contributed by atoms with Crippen molar-refractivity contribution in [3.63, 3.8) is 0 Å². The van der Waals surface area contributed by atoms with Gasteiger partial charge in [-0.25, -0.2) is 0 Å². The molecule has 33 heavy (non-hydrogen) atoms. The molecule has 0 fully saturated rings. The number of hydrogen-bond donors (Lipinski definition) is 0. The fourth-order valence-electron chi connectivity index (χ4n) is 3.83. The summed E-state index contributed by atoms with van der Waals surface area (Å²) in [6, 6.07) is 22.0. The van der Waals surface area contributed by atoms with E-state index in [0.29, 0.717) is 31.8 Å². The first-order valence-electron chi connectivity index (χ1n) is 11.5. The van der Waals surface area contributed by atoms with Crippen molar-refractivity contribution in [2.24, 2.45) is 0 Å². The number of hydrogen-bond acceptors (Lipinski definition) is 4. The van der Waals surface area contributed by atoms with Gasteiger partial charge in [-0.05, 0) is 50.5 Å². The van der Waals surface area contributed by atoms with Crippen LogP contribution in [0, 0.1) is 6.92 Å². The van der Waals surface area contributed by atoms with Gasteiger partial charge in [-0.15, -0.1) is 0 Å². The van der Waals surface area contributed by atoms with E-state index in [-0.39, 0.29) is 18.3 Å². The topological polar surface area (TPSA) is 59.5 Å². The number of esters is 1. The Morgan fingerprint density at radius 3 is 2.48 bits per heavy atom. The van der Waals surface area contributed by atoms with Gasteiger partial charge in [-0.2, -0.15) is 0 Å². The fourth-order valence-corrected chi connectivity index (χ4v) is 3.83. The summed E-state index contributed by atoms with van der Waals surface area (Å²) in [5.74, 6) is -0.148. The van der Waals surface area contributed by atoms with Crippen LogP contribution in [0.3, 0.4) is 0 Å². The van der Waals surface area contributed by atoms with E-state index in [9.17, 15) is 9.59 Å². The van der Waals surface area contributed by atoms with Gasteiger partial charge in [-0.3, -0.25) is 14.6 Å². The second-order valence-corrected chi connectivity index (χ2v) is 8.05. The van der Waals surface area contributed by atoms with Gasteiger partial charge in [-0.1, -0.05) is 60.2 Å². The smallest absolute Gasteiger partial charge is 0.311 e. The summed E-state index contributed by atoms with van der Waals surface area (Å²) >= 11 is 0. The van der Waals surface area contributed by atoms with Crippen LogP contribution in [0.1, 0.15) is 42.7 Å². The van der Waals surface area contributed by atoms with E-state index in [1.54, 1.807) is 6.92 Å². The van der Waals surface area contributed by atoms with Gasteiger partial charge < -0.3 is 9.64 Å². The molecule has 0 bridgehead atoms. The standard InChI is InChI=1S/C28H32N2O3/c1-4-30(27(31)17-15-22-10-7-6-8-11-22)20-23-18-21(3)14-16-25(23)26-13-9-12-24(29-26)19-28(32)33-5-2/h6-14,16,18H,4-5,15,17,19-20H2,1-3H3. The number of rotatable bonds is 10. The SMILES string of the molecule is CCOC(=O)Cc1cccc(-c2ccc(C)cc2CN(CC)C(=O)CCc2ccccc2)n1. The average Bonchev–Trinajstić information content (AvgIpc) is 2.82. The second kappa shape index (κ2) is 12.0. The van der Waals surface area contributed by atoms with Crippen LogP contribution in [0.25, 0.3) is 11.3 Å². The Morgan fingerprint density at radius 1 is 0.970 bits per heavy atom. The van der Waals surface area contributed by atoms with Gasteiger partial charge in [0.15, 0.2) is 0 Å². The number of amides is 1. The van der Waals surface area contributed by atoms with Crippen LogP contribution in [-0.4, -0.2) is 34.9 Å². The molecule has 3 aromatic rings. The molecule has 0 spiro atoms. The van der Waals surface area contributed by atoms with Crippen LogP contribution in [0.5, 0.6) is 0 Å². The predicted molar refractivity (Wildman–Crippen MR) is 131 cm³/mol. The van der Waals surface area contributed by atoms with Crippen molar-refractivity contribution in [3.05, 3.63) is 89.1 Å². The Hall–Kier alpha value is -3.47. The first-order chi connectivity index (χ1) is 16.0. The van der Waals surface area contributed by atoms with E-state index < -0.39 is 0 Å². The Bertz CT molecular complexity index is 1080. The minimum absolute atomic E-state index is 0.137. The average molecular weight is 445 g/mol. The molecular formula is C28H32N2O3. The summed E-state index contributed by atoms with van der Waals surface area (Å²) < 4.78 is 5.06. The number of nitrogens with zero attached hydrogens (tertiary/aromatic N) is 2. The van der Waals surface area contributed by atoms with E-state index in [0.717, 1.165) is 28.8 Å². The van der Waals surface area contributed by atoms with E-state index in [2.05, 4.69) is 18.2 Å². The number of carbonyl (C=O) groups excluding carboxylic acids is 2. The molecule has 0 atom stereocenters. The van der Waals surface area contributed by atoms with E-state index in [1.165, 1.54) is 5.56 Å². The van der Waals surface area contributed by atoms with E-state index in [4.69, 9.17) is 9.72 Å². The van der Waals surface area contributed by atoms with Crippen LogP contribution in [0.4, 0.5) is 0 Å². The van der Waals surface area contributed by atoms with Gasteiger partial charge in [0.05, 0.1) is 24.4 Å². The lowest BCUT2D eigenvalue weighted by molar-refractivity contribution is -0.142. The number of carbonyl (C=O) groups is 2. The Balaban J connectivity index is 1.79. The quantitative estimate of drug-likeness (QED) is 0.406. The van der Waals surface area contributed by atoms with Crippen molar-refractivity contribution in [2.45, 2.75) is 46.6 Å². The maximum absolute atomic E-state index is 13.0. The largest absolute Gasteiger partial charge is 0.466 e. The fraction of sp³-hybridized carbons (Fsp3) is 0.321. The summed E-state index contributed by atoms with van der Waals surface area (Å²) in [5, 5.41) is 0. The molecule has 1 aromatic heterocycles. The van der Waals surface area contributed by atoms with Gasteiger partial charge in [0, 0.05) is 25.1 Å². The van der Waals surface area contributed by atoms with Crippen LogP contribution in [0.2, 0.25) is 0 Å². The van der Waals surface area contributed by atoms with Crippen molar-refractivity contribution in [3.8, 4) is 11.3 Å². The number of aromatic nitrogens is 1. The summed E-state index contributed by atoms with van der Waals surface area (Å²) in [6.07, 6.45) is 1.35. The first-order valence-corrected chi connectivity index (χ1v) is 11.5. The summed E-state index contributed by atoms with van der Waals surface area (Å²) in [4.78, 5) is 31.5. The molecule has 3 rings (SSSR count). The van der Waals surface area contributed by atoms with Gasteiger partial charge in [0.1, 0.15) is 0 Å². The molecule has 0 aliphatic heterocycles. The van der Waals surface area contributed by atoms with Gasteiger partial charge >= 0.3 is 5.97 Å². The lowest BCUT2D eigenvalue weighted by Crippen LogP contribution is -2.30. The monoisotopic (exact) mass is 444 g/mol. The number of ether oxygens (including phenoxy) is 1. The molecule has 0 saturated heterocycles. The maximum Gasteiger partial charge on any atom is 0.311 e. The van der Waals surface area contributed by atoms with Gasteiger partial charge in [0.25, 0.3) is 0 Å². The first kappa shape index (κ1) is 24.2. The third-order valence-electron chi connectivity index (χ3n) is 5.54. The molecule has 1 amide bonds. The zero-order valence-electron chi connectivity index (χ0n) is 19.7. The minimum atomic E-state index is -0.285. The molecule has 0 radical (unpaired) electrons. The van der Waals surface area contributed by atoms with Crippen LogP contribution in [-0.2, 0) is 33.7 Å². The third-order valence-corrected chi connectivity index (χ3v) is 5.54. The molecule has 2 aromatic carbocycles. The van der Waals surface area contributed by atoms with Crippen LogP contribution < -0.4 is 0 Å². The number of pyridine rings is 1. The highest BCUT2D eigenvalue weighted by Crippen LogP contribution is 2.25. The van der Waals surface area contributed by atoms with E-state index in [1.807, 2.05) is 67.3 Å². The van der Waals surface area contributed by atoms with Crippen molar-refractivity contribution in [1.82, 2.24) is 9.88 Å². The lowest BCUT2D eigenvalue weighted by atomic mass is 10.00. The van der Waals surface area contributed by atoms with Gasteiger partial charge in [0.2, 0.25) is 5.91 Å². The molecule has 0 aliphatic carbocycles. The van der Waals surface area contributed by atoms with Crippen molar-refractivity contribution < 1.29 is 14.3 Å². The zero-order valence-corrected chi connectivity index (χ0v) is 19.7. The highest BCUT2D eigenvalue weighted by molar-refractivity contribution is 5.77. The second-order valence-electron chi connectivity index (χ2n) is 8.05. The number of aryl methyl sites for hydroxylation is 2. The number of benzene rings is 2. The Morgan fingerprint density at radius 2 is 1.76 bits per heavy atom. The predicted octanol–water partition coefficient (Wildman–Crippen LogP) is 5.14. The van der Waals surface area contributed by atoms with Crippen molar-refractivity contribution in [2.75, 3.05) is 13.2 Å². The molecule has 0 saturated carbocycles. The highest BCUT2D eigenvalue weighted by atomic mass is 16.5. The highest BCUT2D eigenvalue weighted by Gasteiger charge is 2.16. The molecule has 172 valence electrons.